The molecule has 3 rings (SSSR count). The van der Waals surface area contributed by atoms with Crippen molar-refractivity contribution in [2.45, 2.75) is 31.6 Å². The lowest BCUT2D eigenvalue weighted by atomic mass is 10.2. The van der Waals surface area contributed by atoms with Gasteiger partial charge in [-0.05, 0) is 24.3 Å². The quantitative estimate of drug-likeness (QED) is 0.910. The minimum absolute atomic E-state index is 0.103. The molecule has 0 bridgehead atoms. The molecule has 0 amide bonds. The van der Waals surface area contributed by atoms with Gasteiger partial charge < -0.3 is 9.84 Å². The largest absolute Gasteiger partial charge is 0.479 e. The van der Waals surface area contributed by atoms with Crippen LogP contribution in [0.15, 0.2) is 22.6 Å². The molecule has 1 aliphatic heterocycles. The predicted octanol–water partition coefficient (Wildman–Crippen LogP) is 1.09. The SMILES string of the molecule is O=C(O)C1CCC(Cn2cnc3sccc3c2=O)O1. The molecule has 7 heteroatoms. The van der Waals surface area contributed by atoms with Crippen molar-refractivity contribution >= 4 is 27.5 Å². The monoisotopic (exact) mass is 280 g/mol. The first-order valence-corrected chi connectivity index (χ1v) is 6.84. The zero-order valence-corrected chi connectivity index (χ0v) is 10.8. The summed E-state index contributed by atoms with van der Waals surface area (Å²) in [6, 6.07) is 1.75. The molecule has 2 aromatic heterocycles. The number of ether oxygens (including phenoxy) is 1. The molecule has 0 aromatic carbocycles. The summed E-state index contributed by atoms with van der Waals surface area (Å²) >= 11 is 1.42. The predicted molar refractivity (Wildman–Crippen MR) is 69.4 cm³/mol. The summed E-state index contributed by atoms with van der Waals surface area (Å²) in [6.45, 7) is 0.349. The maximum Gasteiger partial charge on any atom is 0.332 e. The van der Waals surface area contributed by atoms with E-state index in [2.05, 4.69) is 4.98 Å². The highest BCUT2D eigenvalue weighted by atomic mass is 32.1. The molecule has 100 valence electrons. The molecule has 0 radical (unpaired) electrons. The van der Waals surface area contributed by atoms with Crippen molar-refractivity contribution in [3.8, 4) is 0 Å². The number of hydrogen-bond donors (Lipinski definition) is 1. The third kappa shape index (κ3) is 2.26. The summed E-state index contributed by atoms with van der Waals surface area (Å²) in [7, 11) is 0. The molecular weight excluding hydrogens is 268 g/mol. The molecule has 6 nitrogen and oxygen atoms in total. The number of carbonyl (C=O) groups is 1. The summed E-state index contributed by atoms with van der Waals surface area (Å²) < 4.78 is 6.88. The molecule has 1 aliphatic rings. The van der Waals surface area contributed by atoms with Crippen molar-refractivity contribution in [1.29, 1.82) is 0 Å². The van der Waals surface area contributed by atoms with Crippen LogP contribution in [-0.4, -0.2) is 32.8 Å². The topological polar surface area (TPSA) is 81.4 Å². The number of thiophene rings is 1. The number of rotatable bonds is 3. The number of carboxylic acid groups (broad SMARTS) is 1. The molecule has 1 fully saturated rings. The number of aromatic nitrogens is 2. The number of fused-ring (bicyclic) bond motifs is 1. The Balaban J connectivity index is 1.81. The Hall–Kier alpha value is -1.73. The standard InChI is InChI=1S/C12H12N2O4S/c15-11-8-3-4-19-10(8)13-6-14(11)5-7-1-2-9(18-7)12(16)17/h3-4,6-7,9H,1-2,5H2,(H,16,17). The maximum absolute atomic E-state index is 12.2. The highest BCUT2D eigenvalue weighted by Crippen LogP contribution is 2.21. The third-order valence-corrected chi connectivity index (χ3v) is 4.05. The lowest BCUT2D eigenvalue weighted by Gasteiger charge is -2.12. The molecular formula is C12H12N2O4S. The normalized spacial score (nSPS) is 22.9. The van der Waals surface area contributed by atoms with Crippen molar-refractivity contribution in [2.24, 2.45) is 0 Å². The zero-order valence-electron chi connectivity index (χ0n) is 9.98. The Labute approximate surface area is 112 Å². The zero-order chi connectivity index (χ0) is 13.4. The van der Waals surface area contributed by atoms with Crippen molar-refractivity contribution in [2.75, 3.05) is 0 Å². The first-order chi connectivity index (χ1) is 9.15. The van der Waals surface area contributed by atoms with Crippen LogP contribution in [0.5, 0.6) is 0 Å². The van der Waals surface area contributed by atoms with E-state index in [1.54, 1.807) is 6.07 Å². The van der Waals surface area contributed by atoms with E-state index in [-0.39, 0.29) is 11.7 Å². The average molecular weight is 280 g/mol. The van der Waals surface area contributed by atoms with E-state index >= 15 is 0 Å². The van der Waals surface area contributed by atoms with Crippen LogP contribution in [0.25, 0.3) is 10.2 Å². The third-order valence-electron chi connectivity index (χ3n) is 3.23. The summed E-state index contributed by atoms with van der Waals surface area (Å²) in [5.74, 6) is -0.943. The van der Waals surface area contributed by atoms with Gasteiger partial charge in [0.15, 0.2) is 6.10 Å². The lowest BCUT2D eigenvalue weighted by Crippen LogP contribution is -2.28. The van der Waals surface area contributed by atoms with E-state index in [0.29, 0.717) is 24.8 Å². The maximum atomic E-state index is 12.2. The van der Waals surface area contributed by atoms with Gasteiger partial charge in [-0.15, -0.1) is 11.3 Å². The van der Waals surface area contributed by atoms with E-state index in [9.17, 15) is 9.59 Å². The van der Waals surface area contributed by atoms with Gasteiger partial charge in [0.05, 0.1) is 24.4 Å². The van der Waals surface area contributed by atoms with Crippen LogP contribution in [0, 0.1) is 0 Å². The highest BCUT2D eigenvalue weighted by molar-refractivity contribution is 7.16. The molecule has 2 unspecified atom stereocenters. The molecule has 1 N–H and O–H groups in total. The summed E-state index contributed by atoms with van der Waals surface area (Å²) in [5, 5.41) is 11.3. The van der Waals surface area contributed by atoms with Crippen LogP contribution in [0.1, 0.15) is 12.8 Å². The first kappa shape index (κ1) is 12.3. The van der Waals surface area contributed by atoms with E-state index in [0.717, 1.165) is 4.83 Å². The van der Waals surface area contributed by atoms with Gasteiger partial charge >= 0.3 is 5.97 Å². The lowest BCUT2D eigenvalue weighted by molar-refractivity contribution is -0.149. The van der Waals surface area contributed by atoms with Crippen molar-refractivity contribution in [1.82, 2.24) is 9.55 Å². The van der Waals surface area contributed by atoms with E-state index in [1.165, 1.54) is 22.2 Å². The molecule has 0 spiro atoms. The Morgan fingerprint density at radius 1 is 1.58 bits per heavy atom. The fourth-order valence-electron chi connectivity index (χ4n) is 2.26. The molecule has 2 atom stereocenters. The van der Waals surface area contributed by atoms with Crippen LogP contribution >= 0.6 is 11.3 Å². The van der Waals surface area contributed by atoms with Gasteiger partial charge in [-0.3, -0.25) is 9.36 Å². The summed E-state index contributed by atoms with van der Waals surface area (Å²) in [6.07, 6.45) is 1.64. The Kier molecular flexibility index (Phi) is 3.08. The second-order valence-corrected chi connectivity index (χ2v) is 5.40. The van der Waals surface area contributed by atoms with Gasteiger partial charge in [0.25, 0.3) is 5.56 Å². The smallest absolute Gasteiger partial charge is 0.332 e. The highest BCUT2D eigenvalue weighted by Gasteiger charge is 2.30. The first-order valence-electron chi connectivity index (χ1n) is 5.96. The molecule has 0 aliphatic carbocycles. The van der Waals surface area contributed by atoms with Crippen molar-refractivity contribution in [3.05, 3.63) is 28.1 Å². The molecule has 3 heterocycles. The van der Waals surface area contributed by atoms with Crippen molar-refractivity contribution in [3.63, 3.8) is 0 Å². The Morgan fingerprint density at radius 3 is 3.16 bits per heavy atom. The number of carboxylic acids is 1. The molecule has 1 saturated heterocycles. The Bertz CT molecular complexity index is 678. The minimum atomic E-state index is -0.943. The fourth-order valence-corrected chi connectivity index (χ4v) is 2.99. The minimum Gasteiger partial charge on any atom is -0.479 e. The number of nitrogens with zero attached hydrogens (tertiary/aromatic N) is 2. The fraction of sp³-hybridized carbons (Fsp3) is 0.417. The van der Waals surface area contributed by atoms with Crippen LogP contribution in [0.2, 0.25) is 0 Å². The summed E-state index contributed by atoms with van der Waals surface area (Å²) in [5.41, 5.74) is -0.103. The van der Waals surface area contributed by atoms with E-state index in [4.69, 9.17) is 9.84 Å². The van der Waals surface area contributed by atoms with Gasteiger partial charge in [0, 0.05) is 0 Å². The number of hydrogen-bond acceptors (Lipinski definition) is 5. The molecule has 2 aromatic rings. The van der Waals surface area contributed by atoms with Gasteiger partial charge in [-0.2, -0.15) is 0 Å². The van der Waals surface area contributed by atoms with Gasteiger partial charge in [-0.1, -0.05) is 0 Å². The van der Waals surface area contributed by atoms with Gasteiger partial charge in [0.1, 0.15) is 4.83 Å². The van der Waals surface area contributed by atoms with E-state index < -0.39 is 12.1 Å². The van der Waals surface area contributed by atoms with E-state index in [1.807, 2.05) is 5.38 Å². The second-order valence-electron chi connectivity index (χ2n) is 4.50. The summed E-state index contributed by atoms with van der Waals surface area (Å²) in [4.78, 5) is 27.9. The van der Waals surface area contributed by atoms with Crippen LogP contribution in [0.4, 0.5) is 0 Å². The number of aliphatic carboxylic acids is 1. The van der Waals surface area contributed by atoms with Crippen LogP contribution in [0.3, 0.4) is 0 Å². The van der Waals surface area contributed by atoms with Gasteiger partial charge in [0.2, 0.25) is 0 Å². The second kappa shape index (κ2) is 4.75. The Morgan fingerprint density at radius 2 is 2.42 bits per heavy atom. The average Bonchev–Trinajstić information content (AvgIpc) is 3.01. The van der Waals surface area contributed by atoms with Crippen molar-refractivity contribution < 1.29 is 14.6 Å². The van der Waals surface area contributed by atoms with Gasteiger partial charge in [-0.25, -0.2) is 9.78 Å². The molecule has 0 saturated carbocycles. The van der Waals surface area contributed by atoms with Crippen LogP contribution < -0.4 is 5.56 Å². The molecule has 19 heavy (non-hydrogen) atoms. The van der Waals surface area contributed by atoms with Crippen LogP contribution in [-0.2, 0) is 16.1 Å².